The van der Waals surface area contributed by atoms with Gasteiger partial charge in [0.25, 0.3) is 11.5 Å². The highest BCUT2D eigenvalue weighted by Gasteiger charge is 2.26. The number of hydrogen-bond donors (Lipinski definition) is 1. The molecule has 0 saturated heterocycles. The topological polar surface area (TPSA) is 97.7 Å². The molecule has 3 rings (SSSR count). The second kappa shape index (κ2) is 9.80. The molecular weight excluding hydrogens is 430 g/mol. The smallest absolute Gasteiger partial charge is 0.255 e. The molecule has 1 N–H and O–H groups in total. The Morgan fingerprint density at radius 2 is 1.81 bits per heavy atom. The minimum atomic E-state index is -3.94. The van der Waals surface area contributed by atoms with Crippen molar-refractivity contribution in [3.05, 3.63) is 88.3 Å². The maximum atomic E-state index is 13.2. The van der Waals surface area contributed by atoms with E-state index in [9.17, 15) is 18.0 Å². The van der Waals surface area contributed by atoms with Gasteiger partial charge >= 0.3 is 0 Å². The molecular formula is C23H25N3O5S. The molecule has 3 aromatic rings. The van der Waals surface area contributed by atoms with Crippen molar-refractivity contribution in [3.63, 3.8) is 0 Å². The number of nitrogens with zero attached hydrogens (tertiary/aromatic N) is 2. The number of methoxy groups -OCH3 is 1. The van der Waals surface area contributed by atoms with Crippen LogP contribution in [0.5, 0.6) is 5.75 Å². The molecule has 9 heteroatoms. The Kier molecular flexibility index (Phi) is 7.12. The molecule has 1 heterocycles. The number of hydrogen-bond acceptors (Lipinski definition) is 5. The van der Waals surface area contributed by atoms with Crippen molar-refractivity contribution in [3.8, 4) is 5.75 Å². The van der Waals surface area contributed by atoms with Gasteiger partial charge in [0.15, 0.2) is 0 Å². The summed E-state index contributed by atoms with van der Waals surface area (Å²) in [5.74, 6) is -0.364. The van der Waals surface area contributed by atoms with Gasteiger partial charge in [-0.15, -0.1) is 0 Å². The molecule has 32 heavy (non-hydrogen) atoms. The Hall–Kier alpha value is -3.43. The summed E-state index contributed by atoms with van der Waals surface area (Å²) in [5, 5.41) is 2.70. The van der Waals surface area contributed by atoms with Gasteiger partial charge in [-0.25, -0.2) is 8.42 Å². The number of benzene rings is 2. The van der Waals surface area contributed by atoms with Crippen molar-refractivity contribution in [2.45, 2.75) is 24.9 Å². The van der Waals surface area contributed by atoms with Crippen LogP contribution in [0.3, 0.4) is 0 Å². The van der Waals surface area contributed by atoms with E-state index in [1.807, 2.05) is 37.3 Å². The van der Waals surface area contributed by atoms with Gasteiger partial charge in [0, 0.05) is 38.0 Å². The van der Waals surface area contributed by atoms with Gasteiger partial charge in [-0.2, -0.15) is 4.31 Å². The fourth-order valence-electron chi connectivity index (χ4n) is 3.17. The second-order valence-electron chi connectivity index (χ2n) is 7.11. The lowest BCUT2D eigenvalue weighted by Crippen LogP contribution is -2.27. The predicted octanol–water partition coefficient (Wildman–Crippen LogP) is 2.95. The summed E-state index contributed by atoms with van der Waals surface area (Å²) in [6, 6.07) is 16.3. The van der Waals surface area contributed by atoms with Gasteiger partial charge in [-0.05, 0) is 36.8 Å². The molecule has 0 fully saturated rings. The Labute approximate surface area is 187 Å². The van der Waals surface area contributed by atoms with Crippen LogP contribution in [0.2, 0.25) is 0 Å². The number of carbonyl (C=O) groups excluding carboxylic acids is 1. The van der Waals surface area contributed by atoms with E-state index in [2.05, 4.69) is 5.32 Å². The van der Waals surface area contributed by atoms with Crippen LogP contribution >= 0.6 is 0 Å². The highest BCUT2D eigenvalue weighted by Crippen LogP contribution is 2.28. The van der Waals surface area contributed by atoms with Gasteiger partial charge in [0.2, 0.25) is 10.0 Å². The van der Waals surface area contributed by atoms with Gasteiger partial charge in [-0.3, -0.25) is 9.59 Å². The van der Waals surface area contributed by atoms with E-state index in [0.717, 1.165) is 5.56 Å². The maximum Gasteiger partial charge on any atom is 0.255 e. The third-order valence-corrected chi connectivity index (χ3v) is 6.77. The van der Waals surface area contributed by atoms with Crippen LogP contribution in [0, 0.1) is 0 Å². The van der Waals surface area contributed by atoms with Crippen LogP contribution in [0.1, 0.15) is 22.8 Å². The highest BCUT2D eigenvalue weighted by molar-refractivity contribution is 7.89. The molecule has 0 saturated carbocycles. The summed E-state index contributed by atoms with van der Waals surface area (Å²) in [4.78, 5) is 24.4. The molecule has 1 amide bonds. The lowest BCUT2D eigenvalue weighted by Gasteiger charge is -2.19. The molecule has 0 bridgehead atoms. The molecule has 0 aliphatic heterocycles. The summed E-state index contributed by atoms with van der Waals surface area (Å²) < 4.78 is 34.4. The molecule has 0 aliphatic rings. The molecule has 168 valence electrons. The molecule has 2 aromatic carbocycles. The normalized spacial score (nSPS) is 11.4. The van der Waals surface area contributed by atoms with Crippen LogP contribution in [0.25, 0.3) is 0 Å². The Morgan fingerprint density at radius 1 is 1.09 bits per heavy atom. The molecule has 0 radical (unpaired) electrons. The molecule has 0 aliphatic carbocycles. The molecule has 0 spiro atoms. The number of amides is 1. The molecule has 0 unspecified atom stereocenters. The van der Waals surface area contributed by atoms with E-state index in [0.29, 0.717) is 12.2 Å². The first kappa shape index (κ1) is 23.2. The van der Waals surface area contributed by atoms with Crippen molar-refractivity contribution in [1.29, 1.82) is 0 Å². The SMILES string of the molecule is CCn1cc(NC(=O)c2ccc(OC)c(S(=O)(=O)N(C)Cc3ccccc3)c2)ccc1=O. The molecule has 0 atom stereocenters. The number of anilines is 1. The zero-order chi connectivity index (χ0) is 23.3. The highest BCUT2D eigenvalue weighted by atomic mass is 32.2. The lowest BCUT2D eigenvalue weighted by atomic mass is 10.2. The maximum absolute atomic E-state index is 13.2. The third kappa shape index (κ3) is 5.06. The quantitative estimate of drug-likeness (QED) is 0.563. The number of carbonyl (C=O) groups is 1. The van der Waals surface area contributed by atoms with Crippen molar-refractivity contribution >= 4 is 21.6 Å². The van der Waals surface area contributed by atoms with Crippen LogP contribution in [0.4, 0.5) is 5.69 Å². The lowest BCUT2D eigenvalue weighted by molar-refractivity contribution is 0.102. The first-order valence-electron chi connectivity index (χ1n) is 9.96. The van der Waals surface area contributed by atoms with Crippen LogP contribution < -0.4 is 15.6 Å². The number of ether oxygens (including phenoxy) is 1. The van der Waals surface area contributed by atoms with Crippen LogP contribution in [-0.2, 0) is 23.1 Å². The fourth-order valence-corrected chi connectivity index (χ4v) is 4.50. The number of sulfonamides is 1. The molecule has 8 nitrogen and oxygen atoms in total. The summed E-state index contributed by atoms with van der Waals surface area (Å²) in [6.45, 7) is 2.45. The number of pyridine rings is 1. The number of aromatic nitrogens is 1. The van der Waals surface area contributed by atoms with Crippen molar-refractivity contribution in [2.75, 3.05) is 19.5 Å². The molecule has 1 aromatic heterocycles. The number of nitrogens with one attached hydrogen (secondary N) is 1. The zero-order valence-electron chi connectivity index (χ0n) is 18.1. The third-order valence-electron chi connectivity index (χ3n) is 4.94. The van der Waals surface area contributed by atoms with Gasteiger partial charge in [0.05, 0.1) is 12.8 Å². The largest absolute Gasteiger partial charge is 0.495 e. The minimum absolute atomic E-state index is 0.107. The summed E-state index contributed by atoms with van der Waals surface area (Å²) in [5.41, 5.74) is 1.23. The summed E-state index contributed by atoms with van der Waals surface area (Å²) in [7, 11) is -1.09. The van der Waals surface area contributed by atoms with Crippen LogP contribution in [-0.4, -0.2) is 37.4 Å². The van der Waals surface area contributed by atoms with E-state index in [4.69, 9.17) is 4.74 Å². The van der Waals surface area contributed by atoms with E-state index >= 15 is 0 Å². The fraction of sp³-hybridized carbons (Fsp3) is 0.217. The standard InChI is InChI=1S/C23H25N3O5S/c1-4-26-16-19(11-13-22(26)27)24-23(28)18-10-12-20(31-3)21(14-18)32(29,30)25(2)15-17-8-6-5-7-9-17/h5-14,16H,4,15H2,1-3H3,(H,24,28). The van der Waals surface area contributed by atoms with Crippen molar-refractivity contribution in [2.24, 2.45) is 0 Å². The van der Waals surface area contributed by atoms with Gasteiger partial charge in [0.1, 0.15) is 10.6 Å². The van der Waals surface area contributed by atoms with E-state index in [1.54, 1.807) is 0 Å². The summed E-state index contributed by atoms with van der Waals surface area (Å²) in [6.07, 6.45) is 1.54. The average Bonchev–Trinajstić information content (AvgIpc) is 2.80. The van der Waals surface area contributed by atoms with Gasteiger partial charge < -0.3 is 14.6 Å². The van der Waals surface area contributed by atoms with Crippen molar-refractivity contribution in [1.82, 2.24) is 8.87 Å². The monoisotopic (exact) mass is 455 g/mol. The Morgan fingerprint density at radius 3 is 2.47 bits per heavy atom. The number of rotatable bonds is 8. The van der Waals surface area contributed by atoms with E-state index in [1.165, 1.54) is 59.6 Å². The summed E-state index contributed by atoms with van der Waals surface area (Å²) >= 11 is 0. The van der Waals surface area contributed by atoms with E-state index < -0.39 is 15.9 Å². The Balaban J connectivity index is 1.90. The second-order valence-corrected chi connectivity index (χ2v) is 9.12. The zero-order valence-corrected chi connectivity index (χ0v) is 18.9. The first-order valence-corrected chi connectivity index (χ1v) is 11.4. The predicted molar refractivity (Wildman–Crippen MR) is 122 cm³/mol. The van der Waals surface area contributed by atoms with Crippen LogP contribution in [0.15, 0.2) is 76.6 Å². The average molecular weight is 456 g/mol. The first-order chi connectivity index (χ1) is 15.3. The Bertz CT molecular complexity index is 1270. The number of aryl methyl sites for hydroxylation is 1. The van der Waals surface area contributed by atoms with Crippen molar-refractivity contribution < 1.29 is 17.9 Å². The van der Waals surface area contributed by atoms with E-state index in [-0.39, 0.29) is 28.3 Å². The van der Waals surface area contributed by atoms with Gasteiger partial charge in [-0.1, -0.05) is 30.3 Å². The minimum Gasteiger partial charge on any atom is -0.495 e.